The lowest BCUT2D eigenvalue weighted by atomic mass is 9.97. The first-order valence-corrected chi connectivity index (χ1v) is 10.5. The number of morpholine rings is 1. The van der Waals surface area contributed by atoms with Crippen LogP contribution in [0.1, 0.15) is 18.4 Å². The number of nitrogens with one attached hydrogen (secondary N) is 1. The molecular weight excluding hydrogens is 382 g/mol. The highest BCUT2D eigenvalue weighted by molar-refractivity contribution is 5.79. The largest absolute Gasteiger partial charge is 0.497 e. The number of piperidine rings is 1. The molecule has 0 radical (unpaired) electrons. The molecule has 1 unspecified atom stereocenters. The van der Waals surface area contributed by atoms with Crippen LogP contribution in [0.4, 0.5) is 11.6 Å². The zero-order valence-corrected chi connectivity index (χ0v) is 17.4. The van der Waals surface area contributed by atoms with Gasteiger partial charge in [-0.15, -0.1) is 10.2 Å². The topological polar surface area (TPSA) is 79.8 Å². The molecule has 2 fully saturated rings. The van der Waals surface area contributed by atoms with E-state index in [0.29, 0.717) is 13.1 Å². The molecule has 8 nitrogen and oxygen atoms in total. The third-order valence-electron chi connectivity index (χ3n) is 5.69. The molecule has 2 saturated heterocycles. The predicted octanol–water partition coefficient (Wildman–Crippen LogP) is 1.85. The number of benzene rings is 1. The Kier molecular flexibility index (Phi) is 6.63. The molecule has 2 aromatic rings. The third kappa shape index (κ3) is 4.99. The summed E-state index contributed by atoms with van der Waals surface area (Å²) in [6.07, 6.45) is 1.85. The lowest BCUT2D eigenvalue weighted by molar-refractivity contribution is -0.125. The number of hydrogen-bond acceptors (Lipinski definition) is 7. The van der Waals surface area contributed by atoms with Gasteiger partial charge in [0.25, 0.3) is 0 Å². The van der Waals surface area contributed by atoms with E-state index in [2.05, 4.69) is 25.3 Å². The van der Waals surface area contributed by atoms with Crippen LogP contribution < -0.4 is 19.9 Å². The van der Waals surface area contributed by atoms with Gasteiger partial charge in [-0.25, -0.2) is 0 Å². The summed E-state index contributed by atoms with van der Waals surface area (Å²) in [4.78, 5) is 17.1. The first-order valence-electron chi connectivity index (χ1n) is 10.5. The van der Waals surface area contributed by atoms with Crippen LogP contribution in [0.25, 0.3) is 0 Å². The van der Waals surface area contributed by atoms with Gasteiger partial charge < -0.3 is 24.6 Å². The highest BCUT2D eigenvalue weighted by Gasteiger charge is 2.27. The van der Waals surface area contributed by atoms with Gasteiger partial charge in [0, 0.05) is 32.7 Å². The van der Waals surface area contributed by atoms with E-state index in [1.807, 2.05) is 36.4 Å². The van der Waals surface area contributed by atoms with Crippen LogP contribution in [0.2, 0.25) is 0 Å². The molecule has 1 aromatic heterocycles. The van der Waals surface area contributed by atoms with Gasteiger partial charge in [0.15, 0.2) is 11.6 Å². The molecule has 30 heavy (non-hydrogen) atoms. The van der Waals surface area contributed by atoms with E-state index in [1.165, 1.54) is 0 Å². The normalized spacial score (nSPS) is 19.4. The fraction of sp³-hybridized carbons (Fsp3) is 0.500. The van der Waals surface area contributed by atoms with Crippen LogP contribution in [-0.4, -0.2) is 62.6 Å². The lowest BCUT2D eigenvalue weighted by Crippen LogP contribution is -2.43. The molecule has 3 heterocycles. The van der Waals surface area contributed by atoms with E-state index in [9.17, 15) is 4.79 Å². The molecule has 160 valence electrons. The van der Waals surface area contributed by atoms with Crippen LogP contribution in [0, 0.1) is 5.92 Å². The minimum atomic E-state index is -0.0509. The number of nitrogens with zero attached hydrogens (tertiary/aromatic N) is 4. The van der Waals surface area contributed by atoms with Gasteiger partial charge >= 0.3 is 0 Å². The second-order valence-electron chi connectivity index (χ2n) is 7.70. The molecule has 2 aliphatic rings. The number of hydrogen-bond donors (Lipinski definition) is 1. The summed E-state index contributed by atoms with van der Waals surface area (Å²) >= 11 is 0. The average Bonchev–Trinajstić information content (AvgIpc) is 2.83. The van der Waals surface area contributed by atoms with Gasteiger partial charge in [-0.05, 0) is 42.7 Å². The quantitative estimate of drug-likeness (QED) is 0.777. The zero-order chi connectivity index (χ0) is 20.8. The Morgan fingerprint density at radius 1 is 1.13 bits per heavy atom. The third-order valence-corrected chi connectivity index (χ3v) is 5.69. The second kappa shape index (κ2) is 9.75. The van der Waals surface area contributed by atoms with Crippen molar-refractivity contribution in [3.05, 3.63) is 42.0 Å². The fourth-order valence-corrected chi connectivity index (χ4v) is 3.96. The number of rotatable bonds is 6. The number of carbonyl (C=O) groups excluding carboxylic acids is 1. The predicted molar refractivity (Wildman–Crippen MR) is 115 cm³/mol. The molecule has 0 bridgehead atoms. The van der Waals surface area contributed by atoms with Crippen LogP contribution >= 0.6 is 0 Å². The molecule has 8 heteroatoms. The molecule has 0 saturated carbocycles. The Morgan fingerprint density at radius 3 is 2.63 bits per heavy atom. The van der Waals surface area contributed by atoms with E-state index in [1.54, 1.807) is 7.11 Å². The number of anilines is 2. The van der Waals surface area contributed by atoms with E-state index in [4.69, 9.17) is 9.47 Å². The summed E-state index contributed by atoms with van der Waals surface area (Å²) in [5, 5.41) is 11.9. The van der Waals surface area contributed by atoms with Crippen LogP contribution in [0.15, 0.2) is 36.4 Å². The SMILES string of the molecule is COc1cccc(CNC(=O)C2CCCN(c3ccc(N4CCOCC4)nn3)C2)c1. The minimum absolute atomic E-state index is 0.0509. The van der Waals surface area contributed by atoms with Gasteiger partial charge in [-0.3, -0.25) is 4.79 Å². The van der Waals surface area contributed by atoms with Crippen LogP contribution in [0.3, 0.4) is 0 Å². The monoisotopic (exact) mass is 411 g/mol. The van der Waals surface area contributed by atoms with E-state index >= 15 is 0 Å². The fourth-order valence-electron chi connectivity index (χ4n) is 3.96. The molecule has 1 atom stereocenters. The van der Waals surface area contributed by atoms with Gasteiger partial charge in [-0.2, -0.15) is 0 Å². The van der Waals surface area contributed by atoms with Crippen molar-refractivity contribution in [2.75, 3.05) is 56.3 Å². The Balaban J connectivity index is 1.32. The number of amides is 1. The molecule has 1 amide bonds. The molecule has 0 aliphatic carbocycles. The highest BCUT2D eigenvalue weighted by atomic mass is 16.5. The summed E-state index contributed by atoms with van der Waals surface area (Å²) in [7, 11) is 1.64. The Morgan fingerprint density at radius 2 is 1.90 bits per heavy atom. The van der Waals surface area contributed by atoms with Gasteiger partial charge in [0.1, 0.15) is 5.75 Å². The van der Waals surface area contributed by atoms with Crippen LogP contribution in [-0.2, 0) is 16.1 Å². The Labute approximate surface area is 177 Å². The van der Waals surface area contributed by atoms with Crippen molar-refractivity contribution < 1.29 is 14.3 Å². The summed E-state index contributed by atoms with van der Waals surface area (Å²) in [6.45, 7) is 5.19. The van der Waals surface area contributed by atoms with Crippen molar-refractivity contribution in [2.45, 2.75) is 19.4 Å². The number of aromatic nitrogens is 2. The number of carbonyl (C=O) groups is 1. The maximum atomic E-state index is 12.7. The van der Waals surface area contributed by atoms with Crippen molar-refractivity contribution in [2.24, 2.45) is 5.92 Å². The smallest absolute Gasteiger partial charge is 0.225 e. The van der Waals surface area contributed by atoms with Crippen molar-refractivity contribution in [3.63, 3.8) is 0 Å². The number of ether oxygens (including phenoxy) is 2. The summed E-state index contributed by atoms with van der Waals surface area (Å²) in [6, 6.07) is 11.8. The van der Waals surface area contributed by atoms with Gasteiger partial charge in [-0.1, -0.05) is 12.1 Å². The van der Waals surface area contributed by atoms with Crippen molar-refractivity contribution in [3.8, 4) is 5.75 Å². The summed E-state index contributed by atoms with van der Waals surface area (Å²) < 4.78 is 10.6. The van der Waals surface area contributed by atoms with Crippen molar-refractivity contribution in [1.82, 2.24) is 15.5 Å². The molecule has 0 spiro atoms. The Hall–Kier alpha value is -2.87. The first kappa shape index (κ1) is 20.4. The molecule has 1 aromatic carbocycles. The van der Waals surface area contributed by atoms with E-state index in [0.717, 1.165) is 68.6 Å². The van der Waals surface area contributed by atoms with Gasteiger partial charge in [0.2, 0.25) is 5.91 Å². The molecule has 2 aliphatic heterocycles. The Bertz CT molecular complexity index is 839. The summed E-state index contributed by atoms with van der Waals surface area (Å²) in [5.41, 5.74) is 1.03. The standard InChI is InChI=1S/C22H29N5O3/c1-29-19-6-2-4-17(14-19)15-23-22(28)18-5-3-9-27(16-18)21-8-7-20(24-25-21)26-10-12-30-13-11-26/h2,4,6-8,14,18H,3,5,9-13,15-16H2,1H3,(H,23,28). The molecular formula is C22H29N5O3. The van der Waals surface area contributed by atoms with Gasteiger partial charge in [0.05, 0.1) is 26.2 Å². The van der Waals surface area contributed by atoms with Crippen molar-refractivity contribution in [1.29, 1.82) is 0 Å². The van der Waals surface area contributed by atoms with E-state index < -0.39 is 0 Å². The lowest BCUT2D eigenvalue weighted by Gasteiger charge is -2.33. The van der Waals surface area contributed by atoms with E-state index in [-0.39, 0.29) is 11.8 Å². The summed E-state index contributed by atoms with van der Waals surface area (Å²) in [5.74, 6) is 2.54. The average molecular weight is 412 g/mol. The minimum Gasteiger partial charge on any atom is -0.497 e. The highest BCUT2D eigenvalue weighted by Crippen LogP contribution is 2.23. The molecule has 4 rings (SSSR count). The number of methoxy groups -OCH3 is 1. The zero-order valence-electron chi connectivity index (χ0n) is 17.4. The van der Waals surface area contributed by atoms with Crippen LogP contribution in [0.5, 0.6) is 5.75 Å². The second-order valence-corrected chi connectivity index (χ2v) is 7.70. The first-order chi connectivity index (χ1) is 14.7. The maximum absolute atomic E-state index is 12.7. The van der Waals surface area contributed by atoms with Crippen molar-refractivity contribution >= 4 is 17.5 Å². The molecule has 1 N–H and O–H groups in total. The maximum Gasteiger partial charge on any atom is 0.225 e.